The van der Waals surface area contributed by atoms with E-state index in [1.807, 2.05) is 31.2 Å². The number of hydrogen-bond acceptors (Lipinski definition) is 4. The van der Waals surface area contributed by atoms with E-state index in [2.05, 4.69) is 10.6 Å². The van der Waals surface area contributed by atoms with Crippen molar-refractivity contribution in [2.24, 2.45) is 5.92 Å². The van der Waals surface area contributed by atoms with Crippen molar-refractivity contribution in [3.8, 4) is 5.75 Å². The molecular formula is C22H29N3O4S. The number of nitrogens with zero attached hydrogens (tertiary/aromatic N) is 1. The zero-order valence-electron chi connectivity index (χ0n) is 17.6. The molecule has 1 heterocycles. The van der Waals surface area contributed by atoms with Crippen LogP contribution in [0, 0.1) is 19.8 Å². The van der Waals surface area contributed by atoms with E-state index < -0.39 is 10.0 Å². The summed E-state index contributed by atoms with van der Waals surface area (Å²) in [6.07, 6.45) is 1.64. The van der Waals surface area contributed by atoms with Crippen LogP contribution in [0.2, 0.25) is 0 Å². The van der Waals surface area contributed by atoms with Gasteiger partial charge in [-0.25, -0.2) is 13.2 Å². The summed E-state index contributed by atoms with van der Waals surface area (Å²) in [6.45, 7) is 5.05. The Hall–Kier alpha value is -2.58. The second kappa shape index (κ2) is 9.49. The third-order valence-corrected chi connectivity index (χ3v) is 7.37. The first-order valence-corrected chi connectivity index (χ1v) is 11.5. The van der Waals surface area contributed by atoms with Gasteiger partial charge in [-0.1, -0.05) is 17.7 Å². The Labute approximate surface area is 178 Å². The molecule has 7 nitrogen and oxygen atoms in total. The summed E-state index contributed by atoms with van der Waals surface area (Å²) in [5.74, 6) is 0.697. The molecule has 2 amide bonds. The number of anilines is 1. The molecular weight excluding hydrogens is 402 g/mol. The molecule has 8 heteroatoms. The summed E-state index contributed by atoms with van der Waals surface area (Å²) < 4.78 is 33.0. The Bertz CT molecular complexity index is 990. The number of carbonyl (C=O) groups is 1. The van der Waals surface area contributed by atoms with E-state index in [1.54, 1.807) is 32.2 Å². The predicted molar refractivity (Wildman–Crippen MR) is 117 cm³/mol. The van der Waals surface area contributed by atoms with Gasteiger partial charge in [0.2, 0.25) is 10.0 Å². The number of urea groups is 1. The van der Waals surface area contributed by atoms with Crippen LogP contribution in [0.1, 0.15) is 24.0 Å². The number of carbonyl (C=O) groups excluding carboxylic acids is 1. The van der Waals surface area contributed by atoms with Gasteiger partial charge >= 0.3 is 6.03 Å². The summed E-state index contributed by atoms with van der Waals surface area (Å²) in [6, 6.07) is 12.3. The molecule has 2 N–H and O–H groups in total. The monoisotopic (exact) mass is 431 g/mol. The average Bonchev–Trinajstić information content (AvgIpc) is 2.74. The van der Waals surface area contributed by atoms with E-state index in [0.717, 1.165) is 24.1 Å². The zero-order chi connectivity index (χ0) is 21.7. The van der Waals surface area contributed by atoms with Crippen LogP contribution in [-0.2, 0) is 10.0 Å². The van der Waals surface area contributed by atoms with Crippen molar-refractivity contribution >= 4 is 21.7 Å². The van der Waals surface area contributed by atoms with Gasteiger partial charge in [0.25, 0.3) is 0 Å². The van der Waals surface area contributed by atoms with Crippen LogP contribution in [0.25, 0.3) is 0 Å². The molecule has 0 saturated carbocycles. The Balaban J connectivity index is 1.59. The second-order valence-electron chi connectivity index (χ2n) is 7.70. The van der Waals surface area contributed by atoms with Crippen molar-refractivity contribution in [2.75, 3.05) is 32.1 Å². The molecule has 2 aromatic carbocycles. The summed E-state index contributed by atoms with van der Waals surface area (Å²) >= 11 is 0. The normalized spacial score (nSPS) is 17.4. The SMILES string of the molecule is COc1ccc(S(=O)(=O)N2CCCC(CNC(=O)Nc3ccc(C)cc3)C2)c(C)c1. The van der Waals surface area contributed by atoms with Crippen molar-refractivity contribution in [1.29, 1.82) is 0 Å². The number of benzene rings is 2. The molecule has 1 fully saturated rings. The molecule has 30 heavy (non-hydrogen) atoms. The maximum atomic E-state index is 13.1. The van der Waals surface area contributed by atoms with Gasteiger partial charge in [0.05, 0.1) is 12.0 Å². The van der Waals surface area contributed by atoms with Crippen molar-refractivity contribution in [3.05, 3.63) is 53.6 Å². The summed E-state index contributed by atoms with van der Waals surface area (Å²) in [7, 11) is -2.04. The van der Waals surface area contributed by atoms with E-state index >= 15 is 0 Å². The number of methoxy groups -OCH3 is 1. The molecule has 0 aromatic heterocycles. The lowest BCUT2D eigenvalue weighted by Crippen LogP contribution is -2.44. The number of ether oxygens (including phenoxy) is 1. The van der Waals surface area contributed by atoms with E-state index in [0.29, 0.717) is 35.8 Å². The highest BCUT2D eigenvalue weighted by molar-refractivity contribution is 7.89. The van der Waals surface area contributed by atoms with Crippen molar-refractivity contribution in [2.45, 2.75) is 31.6 Å². The molecule has 2 aromatic rings. The highest BCUT2D eigenvalue weighted by Gasteiger charge is 2.31. The van der Waals surface area contributed by atoms with Gasteiger partial charge in [0, 0.05) is 25.3 Å². The molecule has 0 bridgehead atoms. The van der Waals surface area contributed by atoms with Crippen molar-refractivity contribution in [1.82, 2.24) is 9.62 Å². The van der Waals surface area contributed by atoms with Gasteiger partial charge in [-0.3, -0.25) is 0 Å². The number of sulfonamides is 1. The van der Waals surface area contributed by atoms with E-state index in [-0.39, 0.29) is 11.9 Å². The first-order chi connectivity index (χ1) is 14.3. The Morgan fingerprint density at radius 2 is 1.90 bits per heavy atom. The first-order valence-electron chi connectivity index (χ1n) is 10.1. The third-order valence-electron chi connectivity index (χ3n) is 5.34. The summed E-state index contributed by atoms with van der Waals surface area (Å²) in [5, 5.41) is 5.67. The lowest BCUT2D eigenvalue weighted by atomic mass is 10.00. The highest BCUT2D eigenvalue weighted by Crippen LogP contribution is 2.27. The molecule has 1 aliphatic heterocycles. The van der Waals surface area contributed by atoms with Crippen LogP contribution in [-0.4, -0.2) is 45.5 Å². The minimum Gasteiger partial charge on any atom is -0.497 e. The van der Waals surface area contributed by atoms with Crippen LogP contribution in [0.4, 0.5) is 10.5 Å². The predicted octanol–water partition coefficient (Wildman–Crippen LogP) is 3.53. The lowest BCUT2D eigenvalue weighted by Gasteiger charge is -2.32. The lowest BCUT2D eigenvalue weighted by molar-refractivity contribution is 0.238. The number of piperidine rings is 1. The zero-order valence-corrected chi connectivity index (χ0v) is 18.5. The average molecular weight is 432 g/mol. The maximum Gasteiger partial charge on any atom is 0.319 e. The molecule has 1 atom stereocenters. The molecule has 0 radical (unpaired) electrons. The second-order valence-corrected chi connectivity index (χ2v) is 9.61. The fourth-order valence-corrected chi connectivity index (χ4v) is 5.40. The van der Waals surface area contributed by atoms with Gasteiger partial charge in [-0.15, -0.1) is 0 Å². The summed E-state index contributed by atoms with van der Waals surface area (Å²) in [4.78, 5) is 12.5. The number of aryl methyl sites for hydroxylation is 2. The van der Waals surface area contributed by atoms with Crippen LogP contribution in [0.3, 0.4) is 0 Å². The van der Waals surface area contributed by atoms with E-state index in [9.17, 15) is 13.2 Å². The van der Waals surface area contributed by atoms with Gasteiger partial charge in [0.1, 0.15) is 5.75 Å². The van der Waals surface area contributed by atoms with Crippen LogP contribution in [0.5, 0.6) is 5.75 Å². The minimum atomic E-state index is -3.59. The molecule has 0 spiro atoms. The fraction of sp³-hybridized carbons (Fsp3) is 0.409. The smallest absolute Gasteiger partial charge is 0.319 e. The Kier molecular flexibility index (Phi) is 6.99. The van der Waals surface area contributed by atoms with Gasteiger partial charge in [-0.2, -0.15) is 4.31 Å². The van der Waals surface area contributed by atoms with E-state index in [4.69, 9.17) is 4.74 Å². The standard InChI is InChI=1S/C22H29N3O4S/c1-16-6-8-19(9-7-16)24-22(26)23-14-18-5-4-12-25(15-18)30(27,28)21-11-10-20(29-3)13-17(21)2/h6-11,13,18H,4-5,12,14-15H2,1-3H3,(H2,23,24,26). The minimum absolute atomic E-state index is 0.0656. The van der Waals surface area contributed by atoms with Crippen LogP contribution >= 0.6 is 0 Å². The van der Waals surface area contributed by atoms with Crippen molar-refractivity contribution < 1.29 is 17.9 Å². The quantitative estimate of drug-likeness (QED) is 0.732. The van der Waals surface area contributed by atoms with Gasteiger partial charge in [-0.05, 0) is 68.5 Å². The Morgan fingerprint density at radius 3 is 2.57 bits per heavy atom. The largest absolute Gasteiger partial charge is 0.497 e. The molecule has 162 valence electrons. The van der Waals surface area contributed by atoms with E-state index in [1.165, 1.54) is 4.31 Å². The number of amides is 2. The highest BCUT2D eigenvalue weighted by atomic mass is 32.2. The molecule has 1 aliphatic rings. The summed E-state index contributed by atoms with van der Waals surface area (Å²) in [5.41, 5.74) is 2.50. The molecule has 3 rings (SSSR count). The topological polar surface area (TPSA) is 87.7 Å². The Morgan fingerprint density at radius 1 is 1.17 bits per heavy atom. The van der Waals surface area contributed by atoms with Crippen molar-refractivity contribution in [3.63, 3.8) is 0 Å². The van der Waals surface area contributed by atoms with Crippen LogP contribution in [0.15, 0.2) is 47.4 Å². The van der Waals surface area contributed by atoms with Gasteiger partial charge in [0.15, 0.2) is 0 Å². The maximum absolute atomic E-state index is 13.1. The number of hydrogen-bond donors (Lipinski definition) is 2. The first kappa shape index (κ1) is 22.1. The molecule has 0 aliphatic carbocycles. The van der Waals surface area contributed by atoms with Crippen LogP contribution < -0.4 is 15.4 Å². The number of rotatable bonds is 6. The number of nitrogens with one attached hydrogen (secondary N) is 2. The molecule has 1 unspecified atom stereocenters. The fourth-order valence-electron chi connectivity index (χ4n) is 3.64. The van der Waals surface area contributed by atoms with Gasteiger partial charge < -0.3 is 15.4 Å². The molecule has 1 saturated heterocycles. The third kappa shape index (κ3) is 5.31.